The molecule has 6 nitrogen and oxygen atoms in total. The maximum absolute atomic E-state index is 11.5. The number of alkyl halides is 1. The summed E-state index contributed by atoms with van der Waals surface area (Å²) in [7, 11) is 0. The zero-order valence-electron chi connectivity index (χ0n) is 8.61. The molecule has 0 saturated carbocycles. The minimum absolute atomic E-state index is 0.105. The van der Waals surface area contributed by atoms with Gasteiger partial charge in [0.25, 0.3) is 5.91 Å². The van der Waals surface area contributed by atoms with Gasteiger partial charge in [-0.2, -0.15) is 5.26 Å². The van der Waals surface area contributed by atoms with Crippen LogP contribution in [0.1, 0.15) is 26.4 Å². The fraction of sp³-hybridized carbons (Fsp3) is 0.200. The van der Waals surface area contributed by atoms with Gasteiger partial charge in [-0.1, -0.05) is 0 Å². The number of nitrogens with zero attached hydrogens (tertiary/aromatic N) is 2. The molecule has 2 N–H and O–H groups in total. The SMILES string of the molecule is N#CCNC(=O)c1ncc(CCl)cc1C(=O)O. The number of aromatic nitrogens is 1. The first kappa shape index (κ1) is 12.9. The first-order valence-electron chi connectivity index (χ1n) is 4.53. The Kier molecular flexibility index (Phi) is 4.43. The fourth-order valence-electron chi connectivity index (χ4n) is 1.13. The van der Waals surface area contributed by atoms with E-state index in [0.29, 0.717) is 5.56 Å². The van der Waals surface area contributed by atoms with E-state index in [9.17, 15) is 9.59 Å². The van der Waals surface area contributed by atoms with Crippen LogP contribution in [-0.4, -0.2) is 28.5 Å². The summed E-state index contributed by atoms with van der Waals surface area (Å²) in [6.07, 6.45) is 1.32. The van der Waals surface area contributed by atoms with Gasteiger partial charge >= 0.3 is 5.97 Å². The number of aromatic carboxylic acids is 1. The van der Waals surface area contributed by atoms with Crippen molar-refractivity contribution in [2.45, 2.75) is 5.88 Å². The van der Waals surface area contributed by atoms with Gasteiger partial charge in [0, 0.05) is 12.1 Å². The van der Waals surface area contributed by atoms with Gasteiger partial charge in [0.1, 0.15) is 12.2 Å². The molecule has 88 valence electrons. The van der Waals surface area contributed by atoms with Crippen molar-refractivity contribution in [3.63, 3.8) is 0 Å². The second-order valence-electron chi connectivity index (χ2n) is 3.02. The lowest BCUT2D eigenvalue weighted by Gasteiger charge is -2.05. The summed E-state index contributed by atoms with van der Waals surface area (Å²) in [5, 5.41) is 19.5. The molecule has 0 spiro atoms. The minimum Gasteiger partial charge on any atom is -0.478 e. The molecule has 0 atom stereocenters. The number of amides is 1. The summed E-state index contributed by atoms with van der Waals surface area (Å²) in [6.45, 7) is -0.211. The molecule has 1 heterocycles. The van der Waals surface area contributed by atoms with E-state index >= 15 is 0 Å². The number of carbonyl (C=O) groups excluding carboxylic acids is 1. The summed E-state index contributed by atoms with van der Waals surface area (Å²) >= 11 is 5.54. The van der Waals surface area contributed by atoms with Crippen LogP contribution in [0.5, 0.6) is 0 Å². The molecule has 0 aliphatic rings. The van der Waals surface area contributed by atoms with Gasteiger partial charge in [-0.15, -0.1) is 11.6 Å². The molecule has 1 amide bonds. The number of halogens is 1. The Morgan fingerprint density at radius 1 is 1.59 bits per heavy atom. The molecule has 0 aliphatic heterocycles. The molecule has 1 aromatic heterocycles. The fourth-order valence-corrected chi connectivity index (χ4v) is 1.27. The number of nitrogens with one attached hydrogen (secondary N) is 1. The Morgan fingerprint density at radius 2 is 2.29 bits per heavy atom. The van der Waals surface area contributed by atoms with Crippen LogP contribution in [0.25, 0.3) is 0 Å². The smallest absolute Gasteiger partial charge is 0.338 e. The molecular formula is C10H8ClN3O3. The molecule has 0 aliphatic carbocycles. The van der Waals surface area contributed by atoms with Crippen molar-refractivity contribution in [1.82, 2.24) is 10.3 Å². The van der Waals surface area contributed by atoms with Crippen LogP contribution >= 0.6 is 11.6 Å². The Balaban J connectivity index is 3.11. The first-order chi connectivity index (χ1) is 8.10. The van der Waals surface area contributed by atoms with Gasteiger partial charge in [0.05, 0.1) is 11.6 Å². The topological polar surface area (TPSA) is 103 Å². The van der Waals surface area contributed by atoms with Crippen LogP contribution in [0.3, 0.4) is 0 Å². The van der Waals surface area contributed by atoms with E-state index in [-0.39, 0.29) is 23.7 Å². The lowest BCUT2D eigenvalue weighted by Crippen LogP contribution is -2.26. The number of hydrogen-bond acceptors (Lipinski definition) is 4. The molecule has 0 radical (unpaired) electrons. The lowest BCUT2D eigenvalue weighted by molar-refractivity contribution is 0.0690. The highest BCUT2D eigenvalue weighted by molar-refractivity contribution is 6.17. The van der Waals surface area contributed by atoms with Crippen molar-refractivity contribution >= 4 is 23.5 Å². The maximum Gasteiger partial charge on any atom is 0.338 e. The summed E-state index contributed by atoms with van der Waals surface area (Å²) < 4.78 is 0. The van der Waals surface area contributed by atoms with Crippen molar-refractivity contribution in [1.29, 1.82) is 5.26 Å². The molecular weight excluding hydrogens is 246 g/mol. The summed E-state index contributed by atoms with van der Waals surface area (Å²) in [6, 6.07) is 2.99. The molecule has 0 aromatic carbocycles. The van der Waals surface area contributed by atoms with Crippen LogP contribution in [0.4, 0.5) is 0 Å². The third-order valence-electron chi connectivity index (χ3n) is 1.87. The number of rotatable bonds is 4. The molecule has 0 bridgehead atoms. The second-order valence-corrected chi connectivity index (χ2v) is 3.29. The van der Waals surface area contributed by atoms with Crippen LogP contribution in [0, 0.1) is 11.3 Å². The van der Waals surface area contributed by atoms with Crippen LogP contribution in [0.15, 0.2) is 12.3 Å². The zero-order chi connectivity index (χ0) is 12.8. The Hall–Kier alpha value is -2.13. The van der Waals surface area contributed by atoms with Crippen molar-refractivity contribution < 1.29 is 14.7 Å². The molecule has 17 heavy (non-hydrogen) atoms. The van der Waals surface area contributed by atoms with E-state index in [0.717, 1.165) is 0 Å². The highest BCUT2D eigenvalue weighted by atomic mass is 35.5. The van der Waals surface area contributed by atoms with Crippen molar-refractivity contribution in [2.75, 3.05) is 6.54 Å². The monoisotopic (exact) mass is 253 g/mol. The number of carboxylic acids is 1. The second kappa shape index (κ2) is 5.82. The predicted molar refractivity (Wildman–Crippen MR) is 58.7 cm³/mol. The highest BCUT2D eigenvalue weighted by Gasteiger charge is 2.18. The normalized spacial score (nSPS) is 9.41. The Bertz CT molecular complexity index is 496. The van der Waals surface area contributed by atoms with Crippen molar-refractivity contribution in [2.24, 2.45) is 0 Å². The Labute approximate surface area is 102 Å². The van der Waals surface area contributed by atoms with E-state index in [1.807, 2.05) is 0 Å². The van der Waals surface area contributed by atoms with Gasteiger partial charge in [-0.25, -0.2) is 9.78 Å². The van der Waals surface area contributed by atoms with E-state index in [2.05, 4.69) is 10.3 Å². The minimum atomic E-state index is -1.27. The number of carbonyl (C=O) groups is 2. The van der Waals surface area contributed by atoms with E-state index in [1.54, 1.807) is 6.07 Å². The molecule has 7 heteroatoms. The standard InChI is InChI=1S/C10H8ClN3O3/c11-4-6-3-7(10(16)17)8(14-5-6)9(15)13-2-1-12/h3,5H,2,4H2,(H,13,15)(H,16,17). The lowest BCUT2D eigenvalue weighted by atomic mass is 10.1. The van der Waals surface area contributed by atoms with Crippen LogP contribution < -0.4 is 5.32 Å². The number of carboxylic acid groups (broad SMARTS) is 1. The molecule has 1 rings (SSSR count). The van der Waals surface area contributed by atoms with E-state index in [1.165, 1.54) is 12.3 Å². The molecule has 0 unspecified atom stereocenters. The largest absolute Gasteiger partial charge is 0.478 e. The summed E-state index contributed by atoms with van der Waals surface area (Å²) in [4.78, 5) is 26.2. The predicted octanol–water partition coefficient (Wildman–Crippen LogP) is 0.772. The van der Waals surface area contributed by atoms with Gasteiger partial charge in [-0.05, 0) is 11.6 Å². The van der Waals surface area contributed by atoms with Crippen LogP contribution in [0.2, 0.25) is 0 Å². The highest BCUT2D eigenvalue weighted by Crippen LogP contribution is 2.11. The zero-order valence-corrected chi connectivity index (χ0v) is 9.36. The van der Waals surface area contributed by atoms with Gasteiger partial charge in [-0.3, -0.25) is 4.79 Å². The molecule has 0 fully saturated rings. The average Bonchev–Trinajstić information content (AvgIpc) is 2.35. The van der Waals surface area contributed by atoms with E-state index in [4.69, 9.17) is 22.0 Å². The maximum atomic E-state index is 11.5. The summed E-state index contributed by atoms with van der Waals surface area (Å²) in [5.74, 6) is -1.87. The summed E-state index contributed by atoms with van der Waals surface area (Å²) in [5.41, 5.74) is 0.0288. The average molecular weight is 254 g/mol. The van der Waals surface area contributed by atoms with Crippen molar-refractivity contribution in [3.8, 4) is 6.07 Å². The first-order valence-corrected chi connectivity index (χ1v) is 5.07. The van der Waals surface area contributed by atoms with Gasteiger partial charge in [0.15, 0.2) is 0 Å². The van der Waals surface area contributed by atoms with E-state index < -0.39 is 11.9 Å². The Morgan fingerprint density at radius 3 is 2.82 bits per heavy atom. The van der Waals surface area contributed by atoms with Crippen LogP contribution in [-0.2, 0) is 5.88 Å². The molecule has 1 aromatic rings. The third kappa shape index (κ3) is 3.16. The molecule has 0 saturated heterocycles. The number of nitriles is 1. The van der Waals surface area contributed by atoms with Gasteiger partial charge in [0.2, 0.25) is 0 Å². The number of pyridine rings is 1. The van der Waals surface area contributed by atoms with Crippen molar-refractivity contribution in [3.05, 3.63) is 29.1 Å². The number of hydrogen-bond donors (Lipinski definition) is 2. The van der Waals surface area contributed by atoms with Gasteiger partial charge < -0.3 is 10.4 Å². The quantitative estimate of drug-likeness (QED) is 0.609. The third-order valence-corrected chi connectivity index (χ3v) is 2.18.